The molecule has 0 aliphatic rings. The van der Waals surface area contributed by atoms with Gasteiger partial charge in [0.2, 0.25) is 0 Å². The third-order valence-corrected chi connectivity index (χ3v) is 4.85. The zero-order valence-corrected chi connectivity index (χ0v) is 16.1. The largest absolute Gasteiger partial charge is 0.336 e. The van der Waals surface area contributed by atoms with Gasteiger partial charge in [0.1, 0.15) is 0 Å². The standard InChI is InChI=1S/C20H26N2O3S/c1-16(8-9-17-6-4-3-5-7-17)22-20(23)21-14-18-10-12-19(13-11-18)15-26(2,24)25/h3-7,10-13,16H,8-9,14-15H2,1-2H3,(H2,21,22,23). The number of sulfone groups is 1. The van der Waals surface area contributed by atoms with Crippen LogP contribution in [0.2, 0.25) is 0 Å². The molecule has 6 heteroatoms. The van der Waals surface area contributed by atoms with Crippen molar-refractivity contribution < 1.29 is 13.2 Å². The molecule has 26 heavy (non-hydrogen) atoms. The van der Waals surface area contributed by atoms with Gasteiger partial charge in [0.05, 0.1) is 5.75 Å². The van der Waals surface area contributed by atoms with Crippen LogP contribution in [-0.2, 0) is 28.6 Å². The van der Waals surface area contributed by atoms with E-state index in [0.717, 1.165) is 24.0 Å². The molecule has 0 spiro atoms. The SMILES string of the molecule is CC(CCc1ccccc1)NC(=O)NCc1ccc(CS(C)(=O)=O)cc1. The molecular weight excluding hydrogens is 348 g/mol. The summed E-state index contributed by atoms with van der Waals surface area (Å²) in [6, 6.07) is 17.3. The first-order chi connectivity index (χ1) is 12.3. The van der Waals surface area contributed by atoms with Crippen molar-refractivity contribution in [1.82, 2.24) is 10.6 Å². The van der Waals surface area contributed by atoms with Gasteiger partial charge in [-0.1, -0.05) is 54.6 Å². The lowest BCUT2D eigenvalue weighted by Crippen LogP contribution is -2.40. The Labute approximate surface area is 155 Å². The average molecular weight is 375 g/mol. The first kappa shape index (κ1) is 20.0. The summed E-state index contributed by atoms with van der Waals surface area (Å²) in [5.74, 6) is 0.0279. The first-order valence-corrected chi connectivity index (χ1v) is 10.7. The predicted octanol–water partition coefficient (Wildman–Crippen LogP) is 3.05. The van der Waals surface area contributed by atoms with Gasteiger partial charge in [0.15, 0.2) is 9.84 Å². The van der Waals surface area contributed by atoms with Gasteiger partial charge in [-0.3, -0.25) is 0 Å². The second-order valence-electron chi connectivity index (χ2n) is 6.64. The highest BCUT2D eigenvalue weighted by Gasteiger charge is 2.08. The molecule has 0 heterocycles. The van der Waals surface area contributed by atoms with Gasteiger partial charge in [-0.15, -0.1) is 0 Å². The Bertz CT molecular complexity index is 803. The number of hydrogen-bond donors (Lipinski definition) is 2. The Morgan fingerprint density at radius 1 is 0.962 bits per heavy atom. The number of rotatable bonds is 8. The second kappa shape index (κ2) is 9.38. The number of nitrogens with one attached hydrogen (secondary N) is 2. The van der Waals surface area contributed by atoms with Crippen LogP contribution >= 0.6 is 0 Å². The lowest BCUT2D eigenvalue weighted by Gasteiger charge is -2.15. The third kappa shape index (κ3) is 7.70. The molecule has 0 bridgehead atoms. The van der Waals surface area contributed by atoms with Crippen molar-refractivity contribution in [2.24, 2.45) is 0 Å². The summed E-state index contributed by atoms with van der Waals surface area (Å²) in [6.45, 7) is 2.39. The van der Waals surface area contributed by atoms with Crippen molar-refractivity contribution in [2.75, 3.05) is 6.26 Å². The number of carbonyl (C=O) groups is 1. The van der Waals surface area contributed by atoms with E-state index in [-0.39, 0.29) is 17.8 Å². The fourth-order valence-electron chi connectivity index (χ4n) is 2.61. The molecule has 2 aromatic rings. The third-order valence-electron chi connectivity index (χ3n) is 3.99. The van der Waals surface area contributed by atoms with E-state index in [2.05, 4.69) is 22.8 Å². The van der Waals surface area contributed by atoms with Crippen LogP contribution in [0, 0.1) is 0 Å². The monoisotopic (exact) mass is 374 g/mol. The quantitative estimate of drug-likeness (QED) is 0.746. The van der Waals surface area contributed by atoms with Crippen molar-refractivity contribution in [2.45, 2.75) is 38.1 Å². The van der Waals surface area contributed by atoms with Crippen molar-refractivity contribution in [3.05, 3.63) is 71.3 Å². The molecule has 140 valence electrons. The van der Waals surface area contributed by atoms with Crippen LogP contribution in [0.4, 0.5) is 4.79 Å². The van der Waals surface area contributed by atoms with E-state index in [1.807, 2.05) is 37.3 Å². The summed E-state index contributed by atoms with van der Waals surface area (Å²) in [6.07, 6.45) is 3.01. The Kier molecular flexibility index (Phi) is 7.21. The average Bonchev–Trinajstić information content (AvgIpc) is 2.59. The van der Waals surface area contributed by atoms with Crippen molar-refractivity contribution >= 4 is 15.9 Å². The minimum Gasteiger partial charge on any atom is -0.336 e. The van der Waals surface area contributed by atoms with Gasteiger partial charge >= 0.3 is 6.03 Å². The smallest absolute Gasteiger partial charge is 0.315 e. The molecule has 2 N–H and O–H groups in total. The maximum Gasteiger partial charge on any atom is 0.315 e. The number of amides is 2. The number of hydrogen-bond acceptors (Lipinski definition) is 3. The van der Waals surface area contributed by atoms with Crippen molar-refractivity contribution in [3.63, 3.8) is 0 Å². The molecule has 0 saturated carbocycles. The lowest BCUT2D eigenvalue weighted by molar-refractivity contribution is 0.237. The minimum atomic E-state index is -3.03. The Balaban J connectivity index is 1.72. The fraction of sp³-hybridized carbons (Fsp3) is 0.350. The molecule has 1 unspecified atom stereocenters. The van der Waals surface area contributed by atoms with Gasteiger partial charge in [0.25, 0.3) is 0 Å². The van der Waals surface area contributed by atoms with Crippen LogP contribution in [0.5, 0.6) is 0 Å². The summed E-state index contributed by atoms with van der Waals surface area (Å²) < 4.78 is 22.6. The molecule has 0 aromatic heterocycles. The summed E-state index contributed by atoms with van der Waals surface area (Å²) in [7, 11) is -3.03. The molecular formula is C20H26N2O3S. The molecule has 2 amide bonds. The zero-order chi connectivity index (χ0) is 19.0. The van der Waals surface area contributed by atoms with E-state index >= 15 is 0 Å². The lowest BCUT2D eigenvalue weighted by atomic mass is 10.1. The maximum absolute atomic E-state index is 12.0. The van der Waals surface area contributed by atoms with E-state index < -0.39 is 9.84 Å². The molecule has 0 saturated heterocycles. The van der Waals surface area contributed by atoms with Crippen LogP contribution in [0.25, 0.3) is 0 Å². The second-order valence-corrected chi connectivity index (χ2v) is 8.78. The fourth-order valence-corrected chi connectivity index (χ4v) is 3.41. The van der Waals surface area contributed by atoms with Crippen LogP contribution in [0.15, 0.2) is 54.6 Å². The highest BCUT2D eigenvalue weighted by molar-refractivity contribution is 7.89. The van der Waals surface area contributed by atoms with Gasteiger partial charge in [-0.05, 0) is 36.5 Å². The maximum atomic E-state index is 12.0. The van der Waals surface area contributed by atoms with Crippen LogP contribution in [0.3, 0.4) is 0 Å². The van der Waals surface area contributed by atoms with Crippen LogP contribution in [0.1, 0.15) is 30.0 Å². The van der Waals surface area contributed by atoms with Crippen molar-refractivity contribution in [3.8, 4) is 0 Å². The van der Waals surface area contributed by atoms with Crippen molar-refractivity contribution in [1.29, 1.82) is 0 Å². The normalized spacial score (nSPS) is 12.4. The van der Waals surface area contributed by atoms with E-state index in [9.17, 15) is 13.2 Å². The highest BCUT2D eigenvalue weighted by Crippen LogP contribution is 2.08. The molecule has 2 rings (SSSR count). The zero-order valence-electron chi connectivity index (χ0n) is 15.2. The predicted molar refractivity (Wildman–Crippen MR) is 105 cm³/mol. The number of urea groups is 1. The topological polar surface area (TPSA) is 75.3 Å². The molecule has 2 aromatic carbocycles. The van der Waals surface area contributed by atoms with Crippen LogP contribution in [-0.4, -0.2) is 26.7 Å². The number of carbonyl (C=O) groups excluding carboxylic acids is 1. The molecule has 5 nitrogen and oxygen atoms in total. The van der Waals surface area contributed by atoms with Crippen LogP contribution < -0.4 is 10.6 Å². The van der Waals surface area contributed by atoms with E-state index in [1.54, 1.807) is 12.1 Å². The molecule has 0 radical (unpaired) electrons. The molecule has 0 fully saturated rings. The minimum absolute atomic E-state index is 0.0279. The van der Waals surface area contributed by atoms with Gasteiger partial charge in [0, 0.05) is 18.8 Å². The first-order valence-electron chi connectivity index (χ1n) is 8.65. The Morgan fingerprint density at radius 2 is 1.58 bits per heavy atom. The summed E-state index contributed by atoms with van der Waals surface area (Å²) in [5.41, 5.74) is 2.93. The Morgan fingerprint density at radius 3 is 2.19 bits per heavy atom. The van der Waals surface area contributed by atoms with Gasteiger partial charge in [-0.25, -0.2) is 13.2 Å². The summed E-state index contributed by atoms with van der Waals surface area (Å²) in [5, 5.41) is 5.76. The summed E-state index contributed by atoms with van der Waals surface area (Å²) >= 11 is 0. The molecule has 0 aliphatic heterocycles. The van der Waals surface area contributed by atoms with E-state index in [4.69, 9.17) is 0 Å². The number of aryl methyl sites for hydroxylation is 1. The summed E-state index contributed by atoms with van der Waals surface area (Å²) in [4.78, 5) is 12.0. The van der Waals surface area contributed by atoms with Gasteiger partial charge < -0.3 is 10.6 Å². The van der Waals surface area contributed by atoms with Gasteiger partial charge in [-0.2, -0.15) is 0 Å². The number of benzene rings is 2. The molecule has 1 atom stereocenters. The van der Waals surface area contributed by atoms with E-state index in [0.29, 0.717) is 6.54 Å². The van der Waals surface area contributed by atoms with E-state index in [1.165, 1.54) is 11.8 Å². The Hall–Kier alpha value is -2.34. The highest BCUT2D eigenvalue weighted by atomic mass is 32.2. The molecule has 0 aliphatic carbocycles.